The summed E-state index contributed by atoms with van der Waals surface area (Å²) in [7, 11) is 1.46. The van der Waals surface area contributed by atoms with Crippen molar-refractivity contribution in [2.45, 2.75) is 31.7 Å². The van der Waals surface area contributed by atoms with E-state index in [1.807, 2.05) is 6.07 Å². The van der Waals surface area contributed by atoms with Crippen LogP contribution in [0.4, 0.5) is 5.82 Å². The number of ether oxygens (including phenoxy) is 1. The highest BCUT2D eigenvalue weighted by atomic mass is 35.5. The van der Waals surface area contributed by atoms with Gasteiger partial charge in [-0.2, -0.15) is 0 Å². The summed E-state index contributed by atoms with van der Waals surface area (Å²) in [5.41, 5.74) is 0.614. The molecule has 5 rings (SSSR count). The molecule has 2 bridgehead atoms. The van der Waals surface area contributed by atoms with Crippen molar-refractivity contribution >= 4 is 23.4 Å². The highest BCUT2D eigenvalue weighted by Gasteiger charge is 2.47. The lowest BCUT2D eigenvalue weighted by Gasteiger charge is -2.47. The molecule has 25 heavy (non-hydrogen) atoms. The molecule has 132 valence electrons. The Hall–Kier alpha value is -2.08. The third-order valence-corrected chi connectivity index (χ3v) is 5.65. The van der Waals surface area contributed by atoms with Gasteiger partial charge < -0.3 is 14.5 Å². The van der Waals surface area contributed by atoms with Gasteiger partial charge in [-0.15, -0.1) is 0 Å². The number of methoxy groups -OCH3 is 1. The lowest BCUT2D eigenvalue weighted by Crippen LogP contribution is -2.51. The van der Waals surface area contributed by atoms with Gasteiger partial charge in [0.15, 0.2) is 5.76 Å². The average molecular weight is 362 g/mol. The number of esters is 1. The molecule has 2 atom stereocenters. The van der Waals surface area contributed by atoms with Crippen LogP contribution in [0.15, 0.2) is 28.9 Å². The van der Waals surface area contributed by atoms with Crippen molar-refractivity contribution in [1.82, 2.24) is 9.97 Å². The molecule has 0 saturated heterocycles. The number of rotatable bonds is 4. The number of halogens is 1. The van der Waals surface area contributed by atoms with Gasteiger partial charge in [-0.1, -0.05) is 0 Å². The van der Waals surface area contributed by atoms with Crippen LogP contribution in [0.25, 0.3) is 11.5 Å². The summed E-state index contributed by atoms with van der Waals surface area (Å²) in [6, 6.07) is 5.44. The molecule has 2 aromatic rings. The lowest BCUT2D eigenvalue weighted by atomic mass is 9.61. The fourth-order valence-corrected chi connectivity index (χ4v) is 4.53. The largest absolute Gasteiger partial charge is 0.469 e. The molecule has 3 aliphatic carbocycles. The van der Waals surface area contributed by atoms with Gasteiger partial charge in [0.2, 0.25) is 5.28 Å². The second-order valence-corrected chi connectivity index (χ2v) is 7.12. The van der Waals surface area contributed by atoms with Crippen LogP contribution >= 0.6 is 11.6 Å². The molecule has 1 N–H and O–H groups in total. The first kappa shape index (κ1) is 16.4. The maximum Gasteiger partial charge on any atom is 0.311 e. The zero-order valence-electron chi connectivity index (χ0n) is 13.9. The van der Waals surface area contributed by atoms with Crippen molar-refractivity contribution < 1.29 is 13.9 Å². The lowest BCUT2D eigenvalue weighted by molar-refractivity contribution is -0.152. The first-order chi connectivity index (χ1) is 12.2. The number of hydrogen-bond acceptors (Lipinski definition) is 6. The van der Waals surface area contributed by atoms with Gasteiger partial charge in [-0.25, -0.2) is 9.97 Å². The number of aromatic nitrogens is 2. The number of furan rings is 1. The topological polar surface area (TPSA) is 77.2 Å². The Bertz CT molecular complexity index is 757. The predicted octanol–water partition coefficient (Wildman–Crippen LogP) is 3.78. The smallest absolute Gasteiger partial charge is 0.311 e. The predicted molar refractivity (Wildman–Crippen MR) is 93.1 cm³/mol. The van der Waals surface area contributed by atoms with Crippen molar-refractivity contribution in [3.05, 3.63) is 29.7 Å². The van der Waals surface area contributed by atoms with E-state index < -0.39 is 0 Å². The van der Waals surface area contributed by atoms with E-state index in [-0.39, 0.29) is 23.2 Å². The van der Waals surface area contributed by atoms with Gasteiger partial charge in [0.1, 0.15) is 11.5 Å². The number of anilines is 1. The first-order valence-corrected chi connectivity index (χ1v) is 8.96. The summed E-state index contributed by atoms with van der Waals surface area (Å²) < 4.78 is 10.5. The second kappa shape index (κ2) is 6.67. The van der Waals surface area contributed by atoms with Gasteiger partial charge in [0.25, 0.3) is 0 Å². The fourth-order valence-electron chi connectivity index (χ4n) is 4.35. The number of hydrogen-bond donors (Lipinski definition) is 1. The molecule has 0 spiro atoms. The molecule has 3 aliphatic rings. The summed E-state index contributed by atoms with van der Waals surface area (Å²) in [4.78, 5) is 20.8. The quantitative estimate of drug-likeness (QED) is 0.659. The Balaban J connectivity index is 1.63. The Kier molecular flexibility index (Phi) is 4.37. The van der Waals surface area contributed by atoms with E-state index in [9.17, 15) is 4.79 Å². The molecule has 2 unspecified atom stereocenters. The van der Waals surface area contributed by atoms with Crippen LogP contribution in [0, 0.1) is 17.8 Å². The molecule has 0 aliphatic heterocycles. The Morgan fingerprint density at radius 1 is 1.28 bits per heavy atom. The summed E-state index contributed by atoms with van der Waals surface area (Å²) in [5, 5.41) is 3.59. The van der Waals surface area contributed by atoms with Crippen molar-refractivity contribution in [2.24, 2.45) is 17.8 Å². The minimum absolute atomic E-state index is 0.00960. The van der Waals surface area contributed by atoms with Gasteiger partial charge in [0.05, 0.1) is 19.3 Å². The van der Waals surface area contributed by atoms with Crippen LogP contribution in [0.2, 0.25) is 5.28 Å². The van der Waals surface area contributed by atoms with Gasteiger partial charge in [-0.3, -0.25) is 4.79 Å². The molecule has 0 aromatic carbocycles. The maximum atomic E-state index is 12.3. The molecule has 0 radical (unpaired) electrons. The van der Waals surface area contributed by atoms with Crippen LogP contribution in [0.5, 0.6) is 0 Å². The number of carbonyl (C=O) groups is 1. The standard InChI is InChI=1S/C18H20ClN3O3/c1-24-17(23)15-10-4-6-11(7-5-10)16(15)21-14-9-12(20-18(19)22-14)13-3-2-8-25-13/h2-3,8-11,15-16H,4-7H2,1H3,(H,20,21,22). The highest BCUT2D eigenvalue weighted by molar-refractivity contribution is 6.28. The molecule has 2 heterocycles. The minimum Gasteiger partial charge on any atom is -0.469 e. The average Bonchev–Trinajstić information content (AvgIpc) is 3.16. The first-order valence-electron chi connectivity index (χ1n) is 8.58. The molecule has 3 saturated carbocycles. The van der Waals surface area contributed by atoms with Crippen molar-refractivity contribution in [1.29, 1.82) is 0 Å². The third-order valence-electron chi connectivity index (χ3n) is 5.48. The van der Waals surface area contributed by atoms with Gasteiger partial charge >= 0.3 is 5.97 Å². The van der Waals surface area contributed by atoms with Crippen LogP contribution in [0.1, 0.15) is 25.7 Å². The van der Waals surface area contributed by atoms with Gasteiger partial charge in [0, 0.05) is 12.1 Å². The summed E-state index contributed by atoms with van der Waals surface area (Å²) in [6.45, 7) is 0. The Morgan fingerprint density at radius 2 is 2.04 bits per heavy atom. The van der Waals surface area contributed by atoms with Crippen LogP contribution in [0.3, 0.4) is 0 Å². The van der Waals surface area contributed by atoms with Crippen LogP contribution in [-0.4, -0.2) is 29.1 Å². The van der Waals surface area contributed by atoms with Crippen molar-refractivity contribution in [3.8, 4) is 11.5 Å². The fraction of sp³-hybridized carbons (Fsp3) is 0.500. The van der Waals surface area contributed by atoms with E-state index >= 15 is 0 Å². The zero-order chi connectivity index (χ0) is 17.4. The Morgan fingerprint density at radius 3 is 2.72 bits per heavy atom. The van der Waals surface area contributed by atoms with Crippen molar-refractivity contribution in [3.63, 3.8) is 0 Å². The van der Waals surface area contributed by atoms with E-state index in [0.717, 1.165) is 25.7 Å². The van der Waals surface area contributed by atoms with Crippen molar-refractivity contribution in [2.75, 3.05) is 12.4 Å². The zero-order valence-corrected chi connectivity index (χ0v) is 14.7. The Labute approximate surface area is 150 Å². The highest BCUT2D eigenvalue weighted by Crippen LogP contribution is 2.46. The number of nitrogens with zero attached hydrogens (tertiary/aromatic N) is 2. The van der Waals surface area contributed by atoms with E-state index in [1.165, 1.54) is 7.11 Å². The van der Waals surface area contributed by atoms with Gasteiger partial charge in [-0.05, 0) is 61.3 Å². The van der Waals surface area contributed by atoms with E-state index in [4.69, 9.17) is 20.8 Å². The SMILES string of the molecule is COC(=O)C1C2CCC(CC2)C1Nc1cc(-c2ccco2)nc(Cl)n1. The molecular formula is C18H20ClN3O3. The molecule has 0 amide bonds. The van der Waals surface area contributed by atoms with E-state index in [0.29, 0.717) is 29.1 Å². The van der Waals surface area contributed by atoms with Crippen LogP contribution < -0.4 is 5.32 Å². The molecule has 2 aromatic heterocycles. The molecular weight excluding hydrogens is 342 g/mol. The van der Waals surface area contributed by atoms with E-state index in [2.05, 4.69) is 15.3 Å². The van der Waals surface area contributed by atoms with Crippen LogP contribution in [-0.2, 0) is 9.53 Å². The monoisotopic (exact) mass is 361 g/mol. The summed E-state index contributed by atoms with van der Waals surface area (Å²) in [6.07, 6.45) is 6.01. The number of carbonyl (C=O) groups excluding carboxylic acids is 1. The minimum atomic E-state index is -0.140. The number of nitrogens with one attached hydrogen (secondary N) is 1. The normalized spacial score (nSPS) is 27.9. The summed E-state index contributed by atoms with van der Waals surface area (Å²) >= 11 is 6.09. The molecule has 7 heteroatoms. The van der Waals surface area contributed by atoms with E-state index in [1.54, 1.807) is 18.4 Å². The maximum absolute atomic E-state index is 12.3. The third kappa shape index (κ3) is 3.11. The molecule has 3 fully saturated rings. The summed E-state index contributed by atoms with van der Waals surface area (Å²) in [5.74, 6) is 1.77. The second-order valence-electron chi connectivity index (χ2n) is 6.78. The molecule has 6 nitrogen and oxygen atoms in total. The number of fused-ring (bicyclic) bond motifs is 3.